The number of ketones is 2. The van der Waals surface area contributed by atoms with Crippen LogP contribution in [-0.4, -0.2) is 80.0 Å². The minimum atomic E-state index is -4.52. The van der Waals surface area contributed by atoms with E-state index < -0.39 is 84.5 Å². The van der Waals surface area contributed by atoms with Crippen LogP contribution in [0.15, 0.2) is 193 Å². The van der Waals surface area contributed by atoms with Gasteiger partial charge in [-0.25, -0.2) is 31.8 Å². The summed E-state index contributed by atoms with van der Waals surface area (Å²) in [5.41, 5.74) is 12.8. The number of aryl methyl sites for hydroxylation is 2. The molecule has 1 atom stereocenters. The van der Waals surface area contributed by atoms with Crippen LogP contribution in [-0.2, 0) is 40.1 Å². The Morgan fingerprint density at radius 1 is 0.479 bits per heavy atom. The van der Waals surface area contributed by atoms with Gasteiger partial charge < -0.3 is 59.6 Å². The van der Waals surface area contributed by atoms with Gasteiger partial charge in [0.05, 0.1) is 92.3 Å². The molecule has 0 heterocycles. The maximum atomic E-state index is 15.4. The first-order chi connectivity index (χ1) is 45.8. The molecule has 0 amide bonds. The highest BCUT2D eigenvalue weighted by Gasteiger charge is 2.41. The van der Waals surface area contributed by atoms with Crippen LogP contribution >= 0.6 is 0 Å². The molecular formula is C72H70N4O18S2. The predicted molar refractivity (Wildman–Crippen MR) is 361 cm³/mol. The first-order valence-electron chi connectivity index (χ1n) is 30.2. The molecule has 96 heavy (non-hydrogen) atoms. The van der Waals surface area contributed by atoms with Crippen molar-refractivity contribution in [2.45, 2.75) is 75.0 Å². The smallest absolute Gasteiger partial charge is 0.343 e. The van der Waals surface area contributed by atoms with Gasteiger partial charge in [-0.1, -0.05) is 48.6 Å². The lowest BCUT2D eigenvalue weighted by molar-refractivity contribution is -0.138. The van der Waals surface area contributed by atoms with Gasteiger partial charge in [0, 0.05) is 24.3 Å². The monoisotopic (exact) mass is 1340 g/mol. The summed E-state index contributed by atoms with van der Waals surface area (Å²) >= 11 is 0. The zero-order valence-corrected chi connectivity index (χ0v) is 54.1. The van der Waals surface area contributed by atoms with Crippen molar-refractivity contribution in [2.24, 2.45) is 0 Å². The van der Waals surface area contributed by atoms with Crippen molar-refractivity contribution in [1.29, 1.82) is 0 Å². The van der Waals surface area contributed by atoms with Crippen LogP contribution in [0.5, 0.6) is 46.0 Å². The van der Waals surface area contributed by atoms with E-state index in [-0.39, 0.29) is 72.9 Å². The molecule has 0 aliphatic heterocycles. The molecule has 9 rings (SSSR count). The number of unbranched alkanes of at least 4 members (excludes halogenated alkanes) is 6. The third-order valence-electron chi connectivity index (χ3n) is 14.7. The molecule has 1 unspecified atom stereocenters. The third kappa shape index (κ3) is 18.4. The summed E-state index contributed by atoms with van der Waals surface area (Å²) in [4.78, 5) is 79.9. The van der Waals surface area contributed by atoms with Crippen molar-refractivity contribution in [3.63, 3.8) is 0 Å². The average Bonchev–Trinajstić information content (AvgIpc) is 0.718. The zero-order valence-electron chi connectivity index (χ0n) is 52.5. The van der Waals surface area contributed by atoms with Crippen LogP contribution < -0.4 is 49.3 Å². The largest absolute Gasteiger partial charge is 0.494 e. The molecule has 0 spiro atoms. The number of hydrogen-bond acceptors (Lipinski definition) is 19. The molecular weight excluding hydrogens is 1270 g/mol. The number of hydrogen-bond donors (Lipinski definition) is 4. The Bertz CT molecular complexity index is 4300. The molecule has 8 N–H and O–H groups in total. The number of nitrogens with one attached hydrogen (secondary N) is 2. The topological polar surface area (TPSA) is 335 Å². The summed E-state index contributed by atoms with van der Waals surface area (Å²) in [5, 5.41) is 0. The molecule has 0 radical (unpaired) electrons. The highest BCUT2D eigenvalue weighted by Crippen LogP contribution is 2.48. The lowest BCUT2D eigenvalue weighted by Gasteiger charge is -2.27. The number of esters is 4. The molecule has 0 saturated heterocycles. The van der Waals surface area contributed by atoms with E-state index in [0.29, 0.717) is 42.8 Å². The Kier molecular flexibility index (Phi) is 24.4. The Morgan fingerprint density at radius 3 is 1.27 bits per heavy atom. The van der Waals surface area contributed by atoms with E-state index in [0.717, 1.165) is 80.7 Å². The minimum absolute atomic E-state index is 0. The fourth-order valence-electron chi connectivity index (χ4n) is 9.68. The SMILES string of the molecule is C=CC(=O)OCCCCCCOc1ccc(C(=O)Oc2ccc(Oc3cc(NS(=O)c4ccc(C)cc4)c4c(c3N)C(=O)c3c(N)c(Oc5ccc(OC(=O)c6ccc(OCCCCCCOC(=O)C=C)cc6)cc5)cc(NS(=O)(=O)c5ccc(C)cc5)c3C4=O)cc2)cc1.O. The van der Waals surface area contributed by atoms with Crippen molar-refractivity contribution in [3.05, 3.63) is 228 Å². The molecule has 22 nitrogen and oxygen atoms in total. The number of rotatable bonds is 32. The van der Waals surface area contributed by atoms with E-state index in [4.69, 9.17) is 49.4 Å². The van der Waals surface area contributed by atoms with Crippen LogP contribution in [0, 0.1) is 13.8 Å². The van der Waals surface area contributed by atoms with Crippen molar-refractivity contribution >= 4 is 79.2 Å². The molecule has 24 heteroatoms. The molecule has 0 fully saturated rings. The number of carbonyl (C=O) groups is 6. The summed E-state index contributed by atoms with van der Waals surface area (Å²) in [7, 11) is -6.62. The second-order valence-corrected chi connectivity index (χ2v) is 24.6. The molecule has 1 aliphatic carbocycles. The van der Waals surface area contributed by atoms with Gasteiger partial charge in [-0.3, -0.25) is 14.3 Å². The Hall–Kier alpha value is -11.1. The number of sulfonamides is 1. The van der Waals surface area contributed by atoms with Crippen LogP contribution in [0.2, 0.25) is 0 Å². The average molecular weight is 1340 g/mol. The molecule has 0 bridgehead atoms. The Labute approximate surface area is 557 Å². The van der Waals surface area contributed by atoms with E-state index in [1.54, 1.807) is 91.9 Å². The molecule has 0 saturated carbocycles. The van der Waals surface area contributed by atoms with E-state index in [9.17, 15) is 31.8 Å². The fraction of sp³-hybridized carbons (Fsp3) is 0.194. The molecule has 8 aromatic rings. The fourth-order valence-corrected chi connectivity index (χ4v) is 11.6. The quantitative estimate of drug-likeness (QED) is 0.0100. The Balaban J connectivity index is 0.0000118. The van der Waals surface area contributed by atoms with Gasteiger partial charge in [-0.15, -0.1) is 0 Å². The summed E-state index contributed by atoms with van der Waals surface area (Å²) in [6.07, 6.45) is 8.71. The second kappa shape index (κ2) is 33.2. The highest BCUT2D eigenvalue weighted by molar-refractivity contribution is 7.92. The molecule has 1 aliphatic rings. The number of anilines is 4. The minimum Gasteiger partial charge on any atom is -0.494 e. The number of ether oxygens (including phenoxy) is 8. The maximum Gasteiger partial charge on any atom is 0.343 e. The van der Waals surface area contributed by atoms with Crippen molar-refractivity contribution in [3.8, 4) is 46.0 Å². The Morgan fingerprint density at radius 2 is 0.844 bits per heavy atom. The van der Waals surface area contributed by atoms with E-state index in [1.807, 2.05) is 6.92 Å². The third-order valence-corrected chi connectivity index (χ3v) is 17.2. The zero-order chi connectivity index (χ0) is 67.6. The number of nitrogens with two attached hydrogens (primary N) is 2. The number of carbonyl (C=O) groups excluding carboxylic acids is 6. The van der Waals surface area contributed by atoms with Crippen LogP contribution in [0.1, 0.15) is 115 Å². The normalized spacial score (nSPS) is 11.7. The highest BCUT2D eigenvalue weighted by atomic mass is 32.2. The summed E-state index contributed by atoms with van der Waals surface area (Å²) < 4.78 is 93.6. The van der Waals surface area contributed by atoms with E-state index in [2.05, 4.69) is 22.6 Å². The number of nitrogen functional groups attached to an aromatic ring is 2. The first kappa shape index (κ1) is 70.8. The molecule has 8 aromatic carbocycles. The standard InChI is InChI=1S/C72H68N4O17S2.H2O/c1-5-61(77)88-41-13-9-7-11-39-86-49-23-19-47(20-24-49)71(81)92-53-31-27-51(28-32-53)90-59-43-57(75-94(83)55-35-15-45(3)16-36-55)63-65(67(59)73)70(80)66-64(69(63)79)58(76-95(84,85)56-37-17-46(4)18-38-56)44-60(68(66)74)91-52-29-33-54(34-30-52)93-72(82)48-21-25-50(26-22-48)87-40-12-8-10-14-42-89-62(78)6-2;/h5-6,15-38,43-44,75-76H,1-2,7-14,39-42,73-74H2,3-4H3;1H2. The number of benzene rings is 8. The van der Waals surface area contributed by atoms with Crippen LogP contribution in [0.4, 0.5) is 22.7 Å². The summed E-state index contributed by atoms with van der Waals surface area (Å²) in [6.45, 7) is 11.9. The molecule has 0 aromatic heterocycles. The lowest BCUT2D eigenvalue weighted by Crippen LogP contribution is -2.28. The van der Waals surface area contributed by atoms with Crippen molar-refractivity contribution in [2.75, 3.05) is 47.3 Å². The van der Waals surface area contributed by atoms with Crippen molar-refractivity contribution in [1.82, 2.24) is 0 Å². The van der Waals surface area contributed by atoms with Crippen molar-refractivity contribution < 1.29 is 84.8 Å². The summed E-state index contributed by atoms with van der Waals surface area (Å²) in [5.74, 6) is -3.00. The van der Waals surface area contributed by atoms with Crippen LogP contribution in [0.25, 0.3) is 0 Å². The maximum absolute atomic E-state index is 15.4. The van der Waals surface area contributed by atoms with Gasteiger partial charge in [0.25, 0.3) is 10.0 Å². The van der Waals surface area contributed by atoms with Gasteiger partial charge in [-0.05, 0) is 187 Å². The van der Waals surface area contributed by atoms with Gasteiger partial charge in [0.2, 0.25) is 0 Å². The van der Waals surface area contributed by atoms with Gasteiger partial charge in [0.1, 0.15) is 45.5 Å². The first-order valence-corrected chi connectivity index (χ1v) is 32.8. The molecule has 498 valence electrons. The predicted octanol–water partition coefficient (Wildman–Crippen LogP) is 12.7. The van der Waals surface area contributed by atoms with Crippen LogP contribution in [0.3, 0.4) is 0 Å². The lowest BCUT2D eigenvalue weighted by atomic mass is 9.80. The van der Waals surface area contributed by atoms with E-state index >= 15 is 9.59 Å². The van der Waals surface area contributed by atoms with E-state index in [1.165, 1.54) is 66.7 Å². The second-order valence-electron chi connectivity index (χ2n) is 21.7. The number of fused-ring (bicyclic) bond motifs is 2. The summed E-state index contributed by atoms with van der Waals surface area (Å²) in [6, 6.07) is 39.5. The van der Waals surface area contributed by atoms with Gasteiger partial charge in [0.15, 0.2) is 23.1 Å². The van der Waals surface area contributed by atoms with Gasteiger partial charge >= 0.3 is 23.9 Å². The van der Waals surface area contributed by atoms with Gasteiger partial charge in [-0.2, -0.15) is 0 Å².